The van der Waals surface area contributed by atoms with Gasteiger partial charge in [-0.3, -0.25) is 4.79 Å². The Morgan fingerprint density at radius 2 is 2.24 bits per heavy atom. The van der Waals surface area contributed by atoms with Gasteiger partial charge in [-0.2, -0.15) is 0 Å². The minimum absolute atomic E-state index is 0.0537. The van der Waals surface area contributed by atoms with E-state index in [1.165, 1.54) is 12.8 Å². The number of benzene rings is 1. The maximum atomic E-state index is 12.0. The number of carbonyl (C=O) groups is 1. The van der Waals surface area contributed by atoms with E-state index in [2.05, 4.69) is 28.2 Å². The molecule has 1 aromatic rings. The van der Waals surface area contributed by atoms with E-state index >= 15 is 0 Å². The van der Waals surface area contributed by atoms with Crippen LogP contribution < -0.4 is 5.32 Å². The van der Waals surface area contributed by atoms with Crippen molar-refractivity contribution < 1.29 is 4.79 Å². The molecule has 2 unspecified atom stereocenters. The summed E-state index contributed by atoms with van der Waals surface area (Å²) in [5.41, 5.74) is 1.85. The number of hydrogen-bond donors (Lipinski definition) is 1. The molecule has 0 heterocycles. The van der Waals surface area contributed by atoms with Gasteiger partial charge >= 0.3 is 0 Å². The fraction of sp³-hybridized carbons (Fsp3) is 0.500. The van der Waals surface area contributed by atoms with E-state index in [-0.39, 0.29) is 5.91 Å². The first-order valence-electron chi connectivity index (χ1n) is 6.18. The molecule has 0 bridgehead atoms. The van der Waals surface area contributed by atoms with E-state index in [0.29, 0.717) is 12.0 Å². The first-order chi connectivity index (χ1) is 8.10. The molecular formula is C14H18BrNO. The Kier molecular flexibility index (Phi) is 3.87. The highest BCUT2D eigenvalue weighted by molar-refractivity contribution is 9.10. The highest BCUT2D eigenvalue weighted by Gasteiger charge is 2.37. The number of amides is 1. The summed E-state index contributed by atoms with van der Waals surface area (Å²) in [5.74, 6) is 0.759. The average molecular weight is 296 g/mol. The quantitative estimate of drug-likeness (QED) is 0.902. The van der Waals surface area contributed by atoms with Gasteiger partial charge in [-0.1, -0.05) is 29.3 Å². The zero-order valence-electron chi connectivity index (χ0n) is 10.3. The van der Waals surface area contributed by atoms with Crippen molar-refractivity contribution >= 4 is 21.8 Å². The van der Waals surface area contributed by atoms with Gasteiger partial charge in [0.1, 0.15) is 0 Å². The molecule has 1 aliphatic carbocycles. The van der Waals surface area contributed by atoms with Crippen molar-refractivity contribution in [3.05, 3.63) is 33.8 Å². The Hall–Kier alpha value is -0.830. The Morgan fingerprint density at radius 3 is 2.88 bits per heavy atom. The van der Waals surface area contributed by atoms with Crippen molar-refractivity contribution in [3.63, 3.8) is 0 Å². The highest BCUT2D eigenvalue weighted by Crippen LogP contribution is 2.34. The van der Waals surface area contributed by atoms with Gasteiger partial charge < -0.3 is 5.32 Å². The second kappa shape index (κ2) is 5.21. The van der Waals surface area contributed by atoms with Crippen LogP contribution in [0.1, 0.15) is 42.1 Å². The standard InChI is InChI=1S/C14H18BrNO/c1-3-4-10-8-13(10)16-14(17)11-5-9(2)6-12(15)7-11/h5-7,10,13H,3-4,8H2,1-2H3,(H,16,17). The first-order valence-corrected chi connectivity index (χ1v) is 6.97. The minimum atomic E-state index is 0.0537. The van der Waals surface area contributed by atoms with Gasteiger partial charge in [0.15, 0.2) is 0 Å². The van der Waals surface area contributed by atoms with E-state index in [4.69, 9.17) is 0 Å². The zero-order chi connectivity index (χ0) is 12.4. The molecule has 1 amide bonds. The highest BCUT2D eigenvalue weighted by atomic mass is 79.9. The van der Waals surface area contributed by atoms with E-state index in [0.717, 1.165) is 22.0 Å². The second-order valence-electron chi connectivity index (χ2n) is 4.88. The minimum Gasteiger partial charge on any atom is -0.349 e. The molecule has 17 heavy (non-hydrogen) atoms. The van der Waals surface area contributed by atoms with Crippen molar-refractivity contribution in [2.75, 3.05) is 0 Å². The number of halogens is 1. The van der Waals surface area contributed by atoms with Gasteiger partial charge in [0, 0.05) is 16.1 Å². The largest absolute Gasteiger partial charge is 0.349 e. The van der Waals surface area contributed by atoms with Crippen LogP contribution in [0.15, 0.2) is 22.7 Å². The van der Waals surface area contributed by atoms with Gasteiger partial charge in [-0.05, 0) is 49.4 Å². The maximum absolute atomic E-state index is 12.0. The summed E-state index contributed by atoms with van der Waals surface area (Å²) in [5, 5.41) is 3.10. The smallest absolute Gasteiger partial charge is 0.251 e. The van der Waals surface area contributed by atoms with E-state index in [1.807, 2.05) is 25.1 Å². The number of aryl methyl sites for hydroxylation is 1. The Labute approximate surface area is 111 Å². The Morgan fingerprint density at radius 1 is 1.47 bits per heavy atom. The lowest BCUT2D eigenvalue weighted by atomic mass is 10.1. The topological polar surface area (TPSA) is 29.1 Å². The lowest BCUT2D eigenvalue weighted by Crippen LogP contribution is -2.26. The zero-order valence-corrected chi connectivity index (χ0v) is 11.9. The summed E-state index contributed by atoms with van der Waals surface area (Å²) in [4.78, 5) is 12.0. The van der Waals surface area contributed by atoms with Crippen LogP contribution in [0.4, 0.5) is 0 Å². The van der Waals surface area contributed by atoms with Gasteiger partial charge in [0.05, 0.1) is 0 Å². The van der Waals surface area contributed by atoms with Crippen LogP contribution in [0.25, 0.3) is 0 Å². The lowest BCUT2D eigenvalue weighted by molar-refractivity contribution is 0.0948. The van der Waals surface area contributed by atoms with Crippen LogP contribution in [0.3, 0.4) is 0 Å². The molecule has 0 spiro atoms. The van der Waals surface area contributed by atoms with Crippen molar-refractivity contribution in [1.29, 1.82) is 0 Å². The molecule has 1 N–H and O–H groups in total. The summed E-state index contributed by atoms with van der Waals surface area (Å²) in [6, 6.07) is 6.21. The van der Waals surface area contributed by atoms with Crippen LogP contribution >= 0.6 is 15.9 Å². The monoisotopic (exact) mass is 295 g/mol. The van der Waals surface area contributed by atoms with E-state index in [9.17, 15) is 4.79 Å². The van der Waals surface area contributed by atoms with Crippen molar-refractivity contribution in [1.82, 2.24) is 5.32 Å². The third-order valence-corrected chi connectivity index (χ3v) is 3.66. The third-order valence-electron chi connectivity index (χ3n) is 3.20. The predicted molar refractivity (Wildman–Crippen MR) is 73.1 cm³/mol. The molecule has 92 valence electrons. The maximum Gasteiger partial charge on any atom is 0.251 e. The van der Waals surface area contributed by atoms with Crippen LogP contribution in [0.5, 0.6) is 0 Å². The fourth-order valence-corrected chi connectivity index (χ4v) is 2.84. The number of rotatable bonds is 4. The molecule has 2 nitrogen and oxygen atoms in total. The van der Waals surface area contributed by atoms with Crippen molar-refractivity contribution in [3.8, 4) is 0 Å². The molecule has 0 radical (unpaired) electrons. The number of nitrogens with one attached hydrogen (secondary N) is 1. The summed E-state index contributed by atoms with van der Waals surface area (Å²) in [6.45, 7) is 4.19. The van der Waals surface area contributed by atoms with Gasteiger partial charge in [0.25, 0.3) is 5.91 Å². The molecule has 0 aromatic heterocycles. The number of carbonyl (C=O) groups excluding carboxylic acids is 1. The lowest BCUT2D eigenvalue weighted by Gasteiger charge is -2.06. The Balaban J connectivity index is 1.96. The average Bonchev–Trinajstić information content (AvgIpc) is 2.95. The molecular weight excluding hydrogens is 278 g/mol. The van der Waals surface area contributed by atoms with E-state index < -0.39 is 0 Å². The molecule has 1 fully saturated rings. The first kappa shape index (κ1) is 12.6. The molecule has 2 atom stereocenters. The normalized spacial score (nSPS) is 22.3. The van der Waals surface area contributed by atoms with Crippen molar-refractivity contribution in [2.24, 2.45) is 5.92 Å². The molecule has 2 rings (SSSR count). The van der Waals surface area contributed by atoms with Gasteiger partial charge in [-0.25, -0.2) is 0 Å². The fourth-order valence-electron chi connectivity index (χ4n) is 2.23. The van der Waals surface area contributed by atoms with E-state index in [1.54, 1.807) is 0 Å². The summed E-state index contributed by atoms with van der Waals surface area (Å²) >= 11 is 3.42. The summed E-state index contributed by atoms with van der Waals surface area (Å²) < 4.78 is 0.962. The molecule has 3 heteroatoms. The molecule has 1 saturated carbocycles. The summed E-state index contributed by atoms with van der Waals surface area (Å²) in [7, 11) is 0. The summed E-state index contributed by atoms with van der Waals surface area (Å²) in [6.07, 6.45) is 3.57. The third kappa shape index (κ3) is 3.32. The van der Waals surface area contributed by atoms with Gasteiger partial charge in [-0.15, -0.1) is 0 Å². The van der Waals surface area contributed by atoms with Crippen LogP contribution in [0.2, 0.25) is 0 Å². The van der Waals surface area contributed by atoms with Crippen LogP contribution in [0, 0.1) is 12.8 Å². The van der Waals surface area contributed by atoms with Gasteiger partial charge in [0.2, 0.25) is 0 Å². The Bertz CT molecular complexity index is 410. The molecule has 1 aromatic carbocycles. The predicted octanol–water partition coefficient (Wildman–Crippen LogP) is 3.68. The SMILES string of the molecule is CCCC1CC1NC(=O)c1cc(C)cc(Br)c1. The van der Waals surface area contributed by atoms with Crippen LogP contribution in [-0.4, -0.2) is 11.9 Å². The molecule has 0 saturated heterocycles. The van der Waals surface area contributed by atoms with Crippen molar-refractivity contribution in [2.45, 2.75) is 39.2 Å². The number of hydrogen-bond acceptors (Lipinski definition) is 1. The molecule has 0 aliphatic heterocycles. The molecule has 1 aliphatic rings. The van der Waals surface area contributed by atoms with Crippen LogP contribution in [-0.2, 0) is 0 Å². The second-order valence-corrected chi connectivity index (χ2v) is 5.80.